The van der Waals surface area contributed by atoms with Crippen molar-refractivity contribution in [3.63, 3.8) is 0 Å². The second-order valence-electron chi connectivity index (χ2n) is 10.3. The third kappa shape index (κ3) is 8.17. The molecule has 0 radical (unpaired) electrons. The zero-order chi connectivity index (χ0) is 29.2. The van der Waals surface area contributed by atoms with Crippen LogP contribution in [0.2, 0.25) is 0 Å². The molecule has 2 aromatic heterocycles. The third-order valence-electron chi connectivity index (χ3n) is 7.24. The van der Waals surface area contributed by atoms with E-state index in [0.717, 1.165) is 56.0 Å². The van der Waals surface area contributed by atoms with Crippen LogP contribution < -0.4 is 15.2 Å². The van der Waals surface area contributed by atoms with E-state index in [4.69, 9.17) is 30.6 Å². The molecule has 7 rings (SSSR count). The second-order valence-corrected chi connectivity index (χ2v) is 10.3. The van der Waals surface area contributed by atoms with Gasteiger partial charge in [0.2, 0.25) is 0 Å². The lowest BCUT2D eigenvalue weighted by Crippen LogP contribution is -2.10. The standard InChI is InChI=1S/C35H28N6O2.4ClH/c36-33(37)24-11-14-27-29(17-24)40-34(38-27)25-12-15-28-30(18-25)41-35(39-28)26-13-16-31(42-20-22-7-3-1-4-8-22)32(19-26)43-21-23-9-5-2-6-10-23;;;;/h1-19H,20-21H2,(H3,36,37)(H,38,40)(H,39,41);4*1H. The van der Waals surface area contributed by atoms with Gasteiger partial charge in [0.25, 0.3) is 0 Å². The van der Waals surface area contributed by atoms with Crippen LogP contribution in [0.25, 0.3) is 44.8 Å². The Bertz CT molecular complexity index is 2090. The minimum atomic E-state index is 0. The van der Waals surface area contributed by atoms with E-state index in [1.165, 1.54) is 0 Å². The lowest BCUT2D eigenvalue weighted by Gasteiger charge is -2.14. The Hall–Kier alpha value is -4.73. The smallest absolute Gasteiger partial charge is 0.162 e. The molecular formula is C35H32Cl4N6O2. The molecule has 0 aliphatic carbocycles. The van der Waals surface area contributed by atoms with Crippen molar-refractivity contribution in [3.8, 4) is 34.3 Å². The maximum atomic E-state index is 7.71. The number of ether oxygens (including phenoxy) is 2. The molecule has 12 heteroatoms. The predicted octanol–water partition coefficient (Wildman–Crippen LogP) is 8.90. The molecule has 0 saturated carbocycles. The van der Waals surface area contributed by atoms with Gasteiger partial charge in [-0.2, -0.15) is 0 Å². The van der Waals surface area contributed by atoms with E-state index in [2.05, 4.69) is 9.97 Å². The Morgan fingerprint density at radius 3 is 1.64 bits per heavy atom. The molecule has 5 aromatic carbocycles. The summed E-state index contributed by atoms with van der Waals surface area (Å²) >= 11 is 0. The summed E-state index contributed by atoms with van der Waals surface area (Å²) in [5.41, 5.74) is 13.6. The van der Waals surface area contributed by atoms with Gasteiger partial charge >= 0.3 is 0 Å². The molecule has 2 heterocycles. The first-order valence-electron chi connectivity index (χ1n) is 13.9. The second kappa shape index (κ2) is 16.2. The number of amidine groups is 1. The van der Waals surface area contributed by atoms with Gasteiger partial charge in [-0.15, -0.1) is 49.6 Å². The molecule has 5 N–H and O–H groups in total. The quantitative estimate of drug-likeness (QED) is 0.0880. The fraction of sp³-hybridized carbons (Fsp3) is 0.0571. The Kier molecular flexibility index (Phi) is 12.7. The highest BCUT2D eigenvalue weighted by molar-refractivity contribution is 5.98. The number of nitrogens with two attached hydrogens (primary N) is 1. The van der Waals surface area contributed by atoms with Crippen LogP contribution in [-0.4, -0.2) is 25.8 Å². The van der Waals surface area contributed by atoms with Gasteiger partial charge in [-0.3, -0.25) is 5.41 Å². The van der Waals surface area contributed by atoms with Crippen molar-refractivity contribution in [2.45, 2.75) is 13.2 Å². The van der Waals surface area contributed by atoms with Crippen LogP contribution in [0.5, 0.6) is 11.5 Å². The van der Waals surface area contributed by atoms with E-state index >= 15 is 0 Å². The number of rotatable bonds is 9. The molecule has 0 bridgehead atoms. The maximum absolute atomic E-state index is 7.71. The van der Waals surface area contributed by atoms with E-state index in [1.807, 2.05) is 109 Å². The topological polar surface area (TPSA) is 126 Å². The van der Waals surface area contributed by atoms with Crippen molar-refractivity contribution in [2.24, 2.45) is 5.73 Å². The van der Waals surface area contributed by atoms with Gasteiger partial charge in [0.15, 0.2) is 11.5 Å². The Morgan fingerprint density at radius 2 is 1.06 bits per heavy atom. The van der Waals surface area contributed by atoms with Crippen LogP contribution in [0.1, 0.15) is 16.7 Å². The number of nitrogens with zero attached hydrogens (tertiary/aromatic N) is 2. The Labute approximate surface area is 296 Å². The monoisotopic (exact) mass is 708 g/mol. The van der Waals surface area contributed by atoms with E-state index in [0.29, 0.717) is 30.3 Å². The first kappa shape index (κ1) is 36.7. The van der Waals surface area contributed by atoms with E-state index in [9.17, 15) is 0 Å². The molecule has 0 saturated heterocycles. The molecule has 0 aliphatic heterocycles. The number of nitrogens with one attached hydrogen (secondary N) is 3. The van der Waals surface area contributed by atoms with Gasteiger partial charge in [-0.25, -0.2) is 9.97 Å². The molecule has 8 nitrogen and oxygen atoms in total. The fourth-order valence-electron chi connectivity index (χ4n) is 4.97. The lowest BCUT2D eigenvalue weighted by atomic mass is 10.2. The highest BCUT2D eigenvalue weighted by Crippen LogP contribution is 2.34. The average molecular weight is 710 g/mol. The van der Waals surface area contributed by atoms with Crippen molar-refractivity contribution >= 4 is 77.5 Å². The number of nitrogen functional groups attached to an aromatic ring is 1. The van der Waals surface area contributed by atoms with Crippen LogP contribution in [-0.2, 0) is 13.2 Å². The minimum absolute atomic E-state index is 0. The van der Waals surface area contributed by atoms with Crippen molar-refractivity contribution in [1.29, 1.82) is 5.41 Å². The molecule has 0 fully saturated rings. The average Bonchev–Trinajstić information content (AvgIpc) is 3.68. The summed E-state index contributed by atoms with van der Waals surface area (Å²) in [7, 11) is 0. The Balaban J connectivity index is 0.00000150. The number of benzene rings is 5. The van der Waals surface area contributed by atoms with E-state index in [-0.39, 0.29) is 55.5 Å². The number of hydrogen-bond donors (Lipinski definition) is 4. The van der Waals surface area contributed by atoms with Crippen LogP contribution >= 0.6 is 49.6 Å². The van der Waals surface area contributed by atoms with Crippen LogP contribution in [0.4, 0.5) is 0 Å². The van der Waals surface area contributed by atoms with Crippen molar-refractivity contribution in [2.75, 3.05) is 0 Å². The van der Waals surface area contributed by atoms with Crippen LogP contribution in [0, 0.1) is 5.41 Å². The van der Waals surface area contributed by atoms with Crippen molar-refractivity contribution in [1.82, 2.24) is 19.9 Å². The lowest BCUT2D eigenvalue weighted by molar-refractivity contribution is 0.256. The molecule has 0 atom stereocenters. The number of fused-ring (bicyclic) bond motifs is 2. The summed E-state index contributed by atoms with van der Waals surface area (Å²) < 4.78 is 12.5. The summed E-state index contributed by atoms with van der Waals surface area (Å²) in [4.78, 5) is 16.4. The van der Waals surface area contributed by atoms with Crippen LogP contribution in [0.15, 0.2) is 115 Å². The first-order valence-corrected chi connectivity index (χ1v) is 13.9. The number of aromatic nitrogens is 4. The molecule has 242 valence electrons. The molecular weight excluding hydrogens is 678 g/mol. The zero-order valence-electron chi connectivity index (χ0n) is 24.8. The molecule has 7 aromatic rings. The summed E-state index contributed by atoms with van der Waals surface area (Å²) in [6, 6.07) is 37.5. The van der Waals surface area contributed by atoms with E-state index in [1.54, 1.807) is 6.07 Å². The maximum Gasteiger partial charge on any atom is 0.162 e. The highest BCUT2D eigenvalue weighted by Gasteiger charge is 2.14. The number of hydrogen-bond acceptors (Lipinski definition) is 5. The minimum Gasteiger partial charge on any atom is -0.485 e. The summed E-state index contributed by atoms with van der Waals surface area (Å²) in [5, 5.41) is 7.71. The molecule has 0 aliphatic rings. The number of H-pyrrole nitrogens is 2. The van der Waals surface area contributed by atoms with Gasteiger partial charge in [-0.1, -0.05) is 60.7 Å². The van der Waals surface area contributed by atoms with Crippen molar-refractivity contribution < 1.29 is 9.47 Å². The summed E-state index contributed by atoms with van der Waals surface area (Å²) in [6.45, 7) is 0.855. The number of aromatic amines is 2. The van der Waals surface area contributed by atoms with Gasteiger partial charge in [0.1, 0.15) is 30.7 Å². The Morgan fingerprint density at radius 1 is 0.574 bits per heavy atom. The molecule has 0 amide bonds. The molecule has 0 spiro atoms. The number of halogens is 4. The number of imidazole rings is 2. The first-order chi connectivity index (χ1) is 21.1. The third-order valence-corrected chi connectivity index (χ3v) is 7.24. The van der Waals surface area contributed by atoms with E-state index < -0.39 is 0 Å². The zero-order valence-corrected chi connectivity index (χ0v) is 28.1. The van der Waals surface area contributed by atoms with Gasteiger partial charge in [0, 0.05) is 16.7 Å². The van der Waals surface area contributed by atoms with Crippen molar-refractivity contribution in [3.05, 3.63) is 132 Å². The molecule has 0 unspecified atom stereocenters. The fourth-order valence-corrected chi connectivity index (χ4v) is 4.97. The predicted molar refractivity (Wildman–Crippen MR) is 198 cm³/mol. The summed E-state index contributed by atoms with van der Waals surface area (Å²) in [6.07, 6.45) is 0. The largest absolute Gasteiger partial charge is 0.485 e. The van der Waals surface area contributed by atoms with Crippen LogP contribution in [0.3, 0.4) is 0 Å². The normalized spacial score (nSPS) is 10.2. The highest BCUT2D eigenvalue weighted by atomic mass is 35.5. The van der Waals surface area contributed by atoms with Gasteiger partial charge in [0.05, 0.1) is 22.1 Å². The SMILES string of the molecule is Cl.Cl.Cl.Cl.N=C(N)c1ccc2nc(-c3ccc4nc(-c5ccc(OCc6ccccc6)c(OCc6ccccc6)c5)[nH]c4c3)[nH]c2c1. The van der Waals surface area contributed by atoms with Gasteiger partial charge in [-0.05, 0) is 65.7 Å². The van der Waals surface area contributed by atoms with Gasteiger partial charge < -0.3 is 25.2 Å². The molecule has 47 heavy (non-hydrogen) atoms. The summed E-state index contributed by atoms with van der Waals surface area (Å²) in [5.74, 6) is 2.78.